The fourth-order valence-electron chi connectivity index (χ4n) is 3.65. The Morgan fingerprint density at radius 2 is 1.92 bits per heavy atom. The van der Waals surface area contributed by atoms with Gasteiger partial charge in [0.15, 0.2) is 5.65 Å². The number of aromatic nitrogens is 3. The minimum absolute atomic E-state index is 0.469. The summed E-state index contributed by atoms with van der Waals surface area (Å²) >= 11 is 0. The maximum Gasteiger partial charge on any atom is 0.160 e. The zero-order chi connectivity index (χ0) is 17.6. The quantitative estimate of drug-likeness (QED) is 0.799. The van der Waals surface area contributed by atoms with Crippen molar-refractivity contribution in [2.24, 2.45) is 0 Å². The maximum absolute atomic E-state index is 4.65. The second kappa shape index (κ2) is 6.15. The van der Waals surface area contributed by atoms with Gasteiger partial charge in [-0.3, -0.25) is 4.90 Å². The van der Waals surface area contributed by atoms with Crippen molar-refractivity contribution < 1.29 is 0 Å². The van der Waals surface area contributed by atoms with E-state index < -0.39 is 0 Å². The van der Waals surface area contributed by atoms with Crippen molar-refractivity contribution in [1.29, 1.82) is 0 Å². The summed E-state index contributed by atoms with van der Waals surface area (Å²) in [5.41, 5.74) is 7.05. The number of aryl methyl sites for hydroxylation is 3. The van der Waals surface area contributed by atoms with Gasteiger partial charge >= 0.3 is 0 Å². The molecule has 0 fully saturated rings. The molecular weight excluding hydrogens is 310 g/mol. The number of nitrogens with one attached hydrogen (secondary N) is 1. The van der Waals surface area contributed by atoms with E-state index in [9.17, 15) is 0 Å². The third-order valence-corrected chi connectivity index (χ3v) is 5.32. The number of nitrogens with zero attached hydrogens (tertiary/aromatic N) is 4. The SMILES string of the molecule is Cc1cc(NC[C@@H]2Cc3ccccc3CN2C)n2nc(C)c(C)c2n1. The van der Waals surface area contributed by atoms with Crippen LogP contribution in [-0.4, -0.2) is 39.1 Å². The predicted octanol–water partition coefficient (Wildman–Crippen LogP) is 3.12. The van der Waals surface area contributed by atoms with Crippen molar-refractivity contribution >= 4 is 11.5 Å². The summed E-state index contributed by atoms with van der Waals surface area (Å²) in [6.07, 6.45) is 1.07. The molecule has 0 spiro atoms. The lowest BCUT2D eigenvalue weighted by atomic mass is 9.94. The molecule has 1 aliphatic heterocycles. The van der Waals surface area contributed by atoms with Gasteiger partial charge < -0.3 is 5.32 Å². The van der Waals surface area contributed by atoms with Crippen molar-refractivity contribution in [3.63, 3.8) is 0 Å². The van der Waals surface area contributed by atoms with E-state index in [4.69, 9.17) is 0 Å². The van der Waals surface area contributed by atoms with Crippen LogP contribution in [0, 0.1) is 20.8 Å². The van der Waals surface area contributed by atoms with E-state index in [0.717, 1.165) is 47.9 Å². The molecule has 4 rings (SSSR count). The van der Waals surface area contributed by atoms with Crippen LogP contribution in [0.15, 0.2) is 30.3 Å². The Bertz CT molecular complexity index is 927. The standard InChI is InChI=1S/C20H25N5/c1-13-9-19(25-20(22-13)14(2)15(3)23-25)21-11-18-10-16-7-5-6-8-17(16)12-24(18)4/h5-9,18,21H,10-12H2,1-4H3/t18-/m0/s1. The van der Waals surface area contributed by atoms with Crippen LogP contribution in [0.3, 0.4) is 0 Å². The lowest BCUT2D eigenvalue weighted by Crippen LogP contribution is -2.42. The summed E-state index contributed by atoms with van der Waals surface area (Å²) in [4.78, 5) is 7.08. The fourth-order valence-corrected chi connectivity index (χ4v) is 3.65. The van der Waals surface area contributed by atoms with E-state index in [1.54, 1.807) is 0 Å². The predicted molar refractivity (Wildman–Crippen MR) is 101 cm³/mol. The molecule has 0 aliphatic carbocycles. The third kappa shape index (κ3) is 2.89. The molecule has 0 unspecified atom stereocenters. The Morgan fingerprint density at radius 3 is 2.72 bits per heavy atom. The summed E-state index contributed by atoms with van der Waals surface area (Å²) in [5.74, 6) is 1.02. The number of likely N-dealkylation sites (N-methyl/N-ethyl adjacent to an activating group) is 1. The van der Waals surface area contributed by atoms with Gasteiger partial charge in [-0.05, 0) is 45.4 Å². The Labute approximate surface area is 148 Å². The zero-order valence-electron chi connectivity index (χ0n) is 15.4. The summed E-state index contributed by atoms with van der Waals surface area (Å²) < 4.78 is 1.94. The monoisotopic (exact) mass is 335 g/mol. The first kappa shape index (κ1) is 16.1. The van der Waals surface area contributed by atoms with Gasteiger partial charge in [0, 0.05) is 36.5 Å². The van der Waals surface area contributed by atoms with E-state index in [0.29, 0.717) is 6.04 Å². The van der Waals surface area contributed by atoms with Crippen molar-refractivity contribution in [2.75, 3.05) is 18.9 Å². The van der Waals surface area contributed by atoms with Crippen molar-refractivity contribution in [3.05, 3.63) is 58.4 Å². The van der Waals surface area contributed by atoms with E-state index in [1.807, 2.05) is 18.4 Å². The average Bonchev–Trinajstić information content (AvgIpc) is 2.88. The Hall–Kier alpha value is -2.40. The first-order chi connectivity index (χ1) is 12.0. The largest absolute Gasteiger partial charge is 0.368 e. The van der Waals surface area contributed by atoms with Gasteiger partial charge in [-0.2, -0.15) is 9.61 Å². The van der Waals surface area contributed by atoms with Crippen molar-refractivity contribution in [2.45, 2.75) is 39.8 Å². The minimum Gasteiger partial charge on any atom is -0.368 e. The molecule has 3 aromatic rings. The molecule has 5 nitrogen and oxygen atoms in total. The number of hydrogen-bond acceptors (Lipinski definition) is 4. The lowest BCUT2D eigenvalue weighted by molar-refractivity contribution is 0.224. The molecule has 0 saturated heterocycles. The van der Waals surface area contributed by atoms with Crippen LogP contribution >= 0.6 is 0 Å². The molecule has 0 saturated carbocycles. The van der Waals surface area contributed by atoms with Gasteiger partial charge in [0.1, 0.15) is 5.82 Å². The molecule has 130 valence electrons. The number of hydrogen-bond donors (Lipinski definition) is 1. The molecular formula is C20H25N5. The van der Waals surface area contributed by atoms with E-state index in [1.165, 1.54) is 11.1 Å². The number of anilines is 1. The summed E-state index contributed by atoms with van der Waals surface area (Å²) in [6, 6.07) is 11.3. The zero-order valence-corrected chi connectivity index (χ0v) is 15.4. The number of fused-ring (bicyclic) bond motifs is 2. The van der Waals surface area contributed by atoms with E-state index >= 15 is 0 Å². The molecule has 0 bridgehead atoms. The fraction of sp³-hybridized carbons (Fsp3) is 0.400. The first-order valence-corrected chi connectivity index (χ1v) is 8.87. The van der Waals surface area contributed by atoms with Crippen molar-refractivity contribution in [3.8, 4) is 0 Å². The number of rotatable bonds is 3. The Kier molecular flexibility index (Phi) is 3.96. The molecule has 5 heteroatoms. The molecule has 0 radical (unpaired) electrons. The van der Waals surface area contributed by atoms with Gasteiger partial charge in [-0.1, -0.05) is 24.3 Å². The molecule has 2 aromatic heterocycles. The molecule has 0 amide bonds. The Balaban J connectivity index is 1.58. The minimum atomic E-state index is 0.469. The van der Waals surface area contributed by atoms with Gasteiger partial charge in [0.05, 0.1) is 5.69 Å². The van der Waals surface area contributed by atoms with Crippen LogP contribution in [-0.2, 0) is 13.0 Å². The van der Waals surface area contributed by atoms with Crippen LogP contribution < -0.4 is 5.32 Å². The number of benzene rings is 1. The smallest absolute Gasteiger partial charge is 0.160 e. The van der Waals surface area contributed by atoms with Gasteiger partial charge in [-0.25, -0.2) is 4.98 Å². The van der Waals surface area contributed by atoms with Gasteiger partial charge in [-0.15, -0.1) is 0 Å². The second-order valence-electron chi connectivity index (χ2n) is 7.15. The highest BCUT2D eigenvalue weighted by atomic mass is 15.3. The summed E-state index contributed by atoms with van der Waals surface area (Å²) in [5, 5.41) is 8.27. The lowest BCUT2D eigenvalue weighted by Gasteiger charge is -2.34. The van der Waals surface area contributed by atoms with E-state index in [-0.39, 0.29) is 0 Å². The van der Waals surface area contributed by atoms with Crippen LogP contribution in [0.5, 0.6) is 0 Å². The third-order valence-electron chi connectivity index (χ3n) is 5.32. The highest BCUT2D eigenvalue weighted by molar-refractivity contribution is 5.56. The molecule has 1 aliphatic rings. The molecule has 1 atom stereocenters. The first-order valence-electron chi connectivity index (χ1n) is 8.87. The van der Waals surface area contributed by atoms with Gasteiger partial charge in [0.25, 0.3) is 0 Å². The normalized spacial score (nSPS) is 17.7. The van der Waals surface area contributed by atoms with E-state index in [2.05, 4.69) is 64.6 Å². The van der Waals surface area contributed by atoms with Gasteiger partial charge in [0.2, 0.25) is 0 Å². The van der Waals surface area contributed by atoms with Crippen LogP contribution in [0.25, 0.3) is 5.65 Å². The topological polar surface area (TPSA) is 45.5 Å². The molecule has 3 heterocycles. The summed E-state index contributed by atoms with van der Waals surface area (Å²) in [6.45, 7) is 8.05. The molecule has 1 aromatic carbocycles. The van der Waals surface area contributed by atoms with Crippen LogP contribution in [0.2, 0.25) is 0 Å². The van der Waals surface area contributed by atoms with Crippen LogP contribution in [0.1, 0.15) is 28.1 Å². The second-order valence-corrected chi connectivity index (χ2v) is 7.15. The highest BCUT2D eigenvalue weighted by Gasteiger charge is 2.23. The maximum atomic E-state index is 4.65. The molecule has 1 N–H and O–H groups in total. The average molecular weight is 335 g/mol. The van der Waals surface area contributed by atoms with Crippen LogP contribution in [0.4, 0.5) is 5.82 Å². The molecule has 25 heavy (non-hydrogen) atoms. The van der Waals surface area contributed by atoms with Crippen molar-refractivity contribution in [1.82, 2.24) is 19.5 Å². The highest BCUT2D eigenvalue weighted by Crippen LogP contribution is 2.23. The summed E-state index contributed by atoms with van der Waals surface area (Å²) in [7, 11) is 2.21. The Morgan fingerprint density at radius 1 is 1.16 bits per heavy atom.